The summed E-state index contributed by atoms with van der Waals surface area (Å²) in [6, 6.07) is 3.67. The van der Waals surface area contributed by atoms with Crippen LogP contribution in [0.4, 0.5) is 4.39 Å². The van der Waals surface area contributed by atoms with Crippen molar-refractivity contribution in [3.05, 3.63) is 33.5 Å². The number of aryl methyl sites for hydroxylation is 2. The molecule has 0 fully saturated rings. The van der Waals surface area contributed by atoms with Crippen LogP contribution in [-0.2, 0) is 12.8 Å². The SMILES string of the molecule is CCc1cc(Br)c(F)c(CCCO)c1. The van der Waals surface area contributed by atoms with Crippen LogP contribution in [0, 0.1) is 5.82 Å². The minimum Gasteiger partial charge on any atom is -0.396 e. The van der Waals surface area contributed by atoms with E-state index in [1.54, 1.807) is 6.07 Å². The largest absolute Gasteiger partial charge is 0.396 e. The van der Waals surface area contributed by atoms with Crippen molar-refractivity contribution < 1.29 is 9.50 Å². The van der Waals surface area contributed by atoms with Crippen molar-refractivity contribution in [3.8, 4) is 0 Å². The maximum atomic E-state index is 13.5. The Bertz CT molecular complexity index is 312. The van der Waals surface area contributed by atoms with Crippen molar-refractivity contribution in [1.29, 1.82) is 0 Å². The first kappa shape index (κ1) is 11.7. The molecule has 0 saturated heterocycles. The van der Waals surface area contributed by atoms with Gasteiger partial charge in [-0.05, 0) is 52.4 Å². The first-order valence-corrected chi connectivity index (χ1v) is 5.56. The molecule has 0 atom stereocenters. The fourth-order valence-electron chi connectivity index (χ4n) is 1.36. The van der Waals surface area contributed by atoms with Crippen LogP contribution >= 0.6 is 15.9 Å². The zero-order valence-corrected chi connectivity index (χ0v) is 9.77. The lowest BCUT2D eigenvalue weighted by molar-refractivity contribution is 0.288. The second kappa shape index (κ2) is 5.47. The number of hydrogen-bond acceptors (Lipinski definition) is 1. The Morgan fingerprint density at radius 1 is 1.43 bits per heavy atom. The summed E-state index contributed by atoms with van der Waals surface area (Å²) < 4.78 is 14.0. The second-order valence-corrected chi connectivity index (χ2v) is 4.09. The summed E-state index contributed by atoms with van der Waals surface area (Å²) in [5.74, 6) is -0.198. The summed E-state index contributed by atoms with van der Waals surface area (Å²) in [6.45, 7) is 2.14. The molecule has 0 heterocycles. The molecule has 1 aromatic carbocycles. The molecule has 0 radical (unpaired) electrons. The molecule has 0 bridgehead atoms. The van der Waals surface area contributed by atoms with E-state index in [0.29, 0.717) is 22.9 Å². The van der Waals surface area contributed by atoms with E-state index in [1.807, 2.05) is 13.0 Å². The molecule has 0 aliphatic carbocycles. The average Bonchev–Trinajstić information content (AvgIpc) is 2.20. The normalized spacial score (nSPS) is 10.6. The van der Waals surface area contributed by atoms with E-state index in [1.165, 1.54) is 0 Å². The molecular formula is C11H14BrFO. The first-order chi connectivity index (χ1) is 6.69. The van der Waals surface area contributed by atoms with Crippen molar-refractivity contribution >= 4 is 15.9 Å². The third-order valence-electron chi connectivity index (χ3n) is 2.18. The quantitative estimate of drug-likeness (QED) is 0.883. The predicted octanol–water partition coefficient (Wildman–Crippen LogP) is 3.08. The van der Waals surface area contributed by atoms with Gasteiger partial charge in [0.15, 0.2) is 0 Å². The Balaban J connectivity index is 2.95. The molecule has 14 heavy (non-hydrogen) atoms. The predicted molar refractivity (Wildman–Crippen MR) is 58.9 cm³/mol. The van der Waals surface area contributed by atoms with Crippen molar-refractivity contribution in [2.45, 2.75) is 26.2 Å². The molecule has 1 aromatic rings. The van der Waals surface area contributed by atoms with E-state index >= 15 is 0 Å². The molecule has 1 N–H and O–H groups in total. The van der Waals surface area contributed by atoms with Gasteiger partial charge < -0.3 is 5.11 Å². The van der Waals surface area contributed by atoms with Gasteiger partial charge in [-0.1, -0.05) is 13.0 Å². The van der Waals surface area contributed by atoms with E-state index in [9.17, 15) is 4.39 Å². The monoisotopic (exact) mass is 260 g/mol. The Kier molecular flexibility index (Phi) is 4.55. The molecule has 0 amide bonds. The molecule has 0 saturated carbocycles. The lowest BCUT2D eigenvalue weighted by Crippen LogP contribution is -1.96. The Hall–Kier alpha value is -0.410. The Morgan fingerprint density at radius 2 is 2.14 bits per heavy atom. The van der Waals surface area contributed by atoms with Crippen molar-refractivity contribution in [1.82, 2.24) is 0 Å². The molecule has 0 aliphatic heterocycles. The van der Waals surface area contributed by atoms with E-state index in [4.69, 9.17) is 5.11 Å². The van der Waals surface area contributed by atoms with Crippen LogP contribution < -0.4 is 0 Å². The van der Waals surface area contributed by atoms with Gasteiger partial charge in [0.25, 0.3) is 0 Å². The lowest BCUT2D eigenvalue weighted by atomic mass is 10.0. The average molecular weight is 261 g/mol. The highest BCUT2D eigenvalue weighted by atomic mass is 79.9. The zero-order valence-electron chi connectivity index (χ0n) is 8.19. The molecular weight excluding hydrogens is 247 g/mol. The Labute approximate surface area is 92.1 Å². The van der Waals surface area contributed by atoms with E-state index in [0.717, 1.165) is 12.0 Å². The van der Waals surface area contributed by atoms with Crippen LogP contribution in [0.2, 0.25) is 0 Å². The summed E-state index contributed by atoms with van der Waals surface area (Å²) in [5, 5.41) is 8.68. The van der Waals surface area contributed by atoms with Gasteiger partial charge in [0.1, 0.15) is 5.82 Å². The van der Waals surface area contributed by atoms with Crippen LogP contribution in [0.5, 0.6) is 0 Å². The summed E-state index contributed by atoms with van der Waals surface area (Å²) in [6.07, 6.45) is 2.09. The van der Waals surface area contributed by atoms with E-state index < -0.39 is 0 Å². The summed E-state index contributed by atoms with van der Waals surface area (Å²) in [4.78, 5) is 0. The minimum absolute atomic E-state index is 0.105. The van der Waals surface area contributed by atoms with Crippen molar-refractivity contribution in [3.63, 3.8) is 0 Å². The van der Waals surface area contributed by atoms with Gasteiger partial charge in [0.2, 0.25) is 0 Å². The third-order valence-corrected chi connectivity index (χ3v) is 2.75. The smallest absolute Gasteiger partial charge is 0.140 e. The van der Waals surface area contributed by atoms with Gasteiger partial charge in [0.05, 0.1) is 4.47 Å². The highest BCUT2D eigenvalue weighted by molar-refractivity contribution is 9.10. The molecule has 1 rings (SSSR count). The topological polar surface area (TPSA) is 20.2 Å². The molecule has 1 nitrogen and oxygen atoms in total. The maximum absolute atomic E-state index is 13.5. The van der Waals surface area contributed by atoms with E-state index in [2.05, 4.69) is 15.9 Å². The molecule has 0 spiro atoms. The number of rotatable bonds is 4. The minimum atomic E-state index is -0.198. The van der Waals surface area contributed by atoms with Crippen LogP contribution in [-0.4, -0.2) is 11.7 Å². The number of aliphatic hydroxyl groups is 1. The second-order valence-electron chi connectivity index (χ2n) is 3.23. The summed E-state index contributed by atoms with van der Waals surface area (Å²) in [5.41, 5.74) is 1.80. The van der Waals surface area contributed by atoms with Gasteiger partial charge in [-0.3, -0.25) is 0 Å². The van der Waals surface area contributed by atoms with Gasteiger partial charge in [-0.15, -0.1) is 0 Å². The highest BCUT2D eigenvalue weighted by Gasteiger charge is 2.07. The molecule has 0 unspecified atom stereocenters. The zero-order chi connectivity index (χ0) is 10.6. The highest BCUT2D eigenvalue weighted by Crippen LogP contribution is 2.22. The maximum Gasteiger partial charge on any atom is 0.140 e. The summed E-state index contributed by atoms with van der Waals surface area (Å²) in [7, 11) is 0. The van der Waals surface area contributed by atoms with Crippen LogP contribution in [0.3, 0.4) is 0 Å². The molecule has 0 aliphatic rings. The molecule has 78 valence electrons. The first-order valence-electron chi connectivity index (χ1n) is 4.76. The van der Waals surface area contributed by atoms with E-state index in [-0.39, 0.29) is 12.4 Å². The Morgan fingerprint density at radius 3 is 2.71 bits per heavy atom. The number of hydrogen-bond donors (Lipinski definition) is 1. The standard InChI is InChI=1S/C11H14BrFO/c1-2-8-6-9(4-3-5-14)11(13)10(12)7-8/h6-7,14H,2-5H2,1H3. The third kappa shape index (κ3) is 2.79. The van der Waals surface area contributed by atoms with Crippen molar-refractivity contribution in [2.75, 3.05) is 6.61 Å². The summed E-state index contributed by atoms with van der Waals surface area (Å²) >= 11 is 3.19. The van der Waals surface area contributed by atoms with Crippen LogP contribution in [0.15, 0.2) is 16.6 Å². The molecule has 3 heteroatoms. The fourth-order valence-corrected chi connectivity index (χ4v) is 1.91. The van der Waals surface area contributed by atoms with Gasteiger partial charge >= 0.3 is 0 Å². The van der Waals surface area contributed by atoms with Crippen molar-refractivity contribution in [2.24, 2.45) is 0 Å². The van der Waals surface area contributed by atoms with Crippen LogP contribution in [0.1, 0.15) is 24.5 Å². The van der Waals surface area contributed by atoms with Gasteiger partial charge in [-0.25, -0.2) is 4.39 Å². The number of aliphatic hydroxyl groups excluding tert-OH is 1. The molecule has 0 aromatic heterocycles. The number of benzene rings is 1. The number of halogens is 2. The van der Waals surface area contributed by atoms with Gasteiger partial charge in [0, 0.05) is 6.61 Å². The van der Waals surface area contributed by atoms with Crippen LogP contribution in [0.25, 0.3) is 0 Å². The lowest BCUT2D eigenvalue weighted by Gasteiger charge is -2.07. The fraction of sp³-hybridized carbons (Fsp3) is 0.455. The van der Waals surface area contributed by atoms with Gasteiger partial charge in [-0.2, -0.15) is 0 Å².